The molecule has 0 spiro atoms. The van der Waals surface area contributed by atoms with Crippen molar-refractivity contribution in [2.75, 3.05) is 24.5 Å². The third kappa shape index (κ3) is 2.93. The number of aromatic nitrogens is 1. The summed E-state index contributed by atoms with van der Waals surface area (Å²) >= 11 is 0. The molecule has 0 aromatic carbocycles. The Hall–Kier alpha value is -1.61. The summed E-state index contributed by atoms with van der Waals surface area (Å²) in [5, 5.41) is 3.48. The van der Waals surface area contributed by atoms with Crippen LogP contribution in [0.2, 0.25) is 0 Å². The first-order valence-electron chi connectivity index (χ1n) is 7.62. The molecule has 1 N–H and O–H groups in total. The molecule has 0 aliphatic carbocycles. The van der Waals surface area contributed by atoms with Crippen molar-refractivity contribution in [2.24, 2.45) is 0 Å². The van der Waals surface area contributed by atoms with Crippen molar-refractivity contribution < 1.29 is 0 Å². The number of aryl methyl sites for hydroxylation is 1. The highest BCUT2D eigenvalue weighted by molar-refractivity contribution is 5.52. The zero-order chi connectivity index (χ0) is 13.8. The molecule has 1 aromatic heterocycles. The first kappa shape index (κ1) is 13.4. The topological polar surface area (TPSA) is 28.2 Å². The van der Waals surface area contributed by atoms with E-state index >= 15 is 0 Å². The van der Waals surface area contributed by atoms with Gasteiger partial charge in [-0.1, -0.05) is 12.2 Å². The van der Waals surface area contributed by atoms with Crippen molar-refractivity contribution in [1.29, 1.82) is 0 Å². The third-order valence-corrected chi connectivity index (χ3v) is 4.21. The summed E-state index contributed by atoms with van der Waals surface area (Å²) in [7, 11) is 0. The van der Waals surface area contributed by atoms with Gasteiger partial charge >= 0.3 is 0 Å². The molecular formula is C17H23N3. The van der Waals surface area contributed by atoms with Gasteiger partial charge in [0.1, 0.15) is 0 Å². The number of rotatable bonds is 2. The van der Waals surface area contributed by atoms with Crippen LogP contribution < -0.4 is 10.2 Å². The maximum absolute atomic E-state index is 4.79. The molecule has 1 fully saturated rings. The summed E-state index contributed by atoms with van der Waals surface area (Å²) < 4.78 is 0. The predicted octanol–water partition coefficient (Wildman–Crippen LogP) is 3.14. The van der Waals surface area contributed by atoms with Crippen molar-refractivity contribution in [2.45, 2.75) is 32.1 Å². The second kappa shape index (κ2) is 6.23. The first-order chi connectivity index (χ1) is 9.84. The van der Waals surface area contributed by atoms with Crippen LogP contribution in [-0.4, -0.2) is 24.6 Å². The van der Waals surface area contributed by atoms with Crippen LogP contribution in [0.4, 0.5) is 5.69 Å². The van der Waals surface area contributed by atoms with E-state index < -0.39 is 0 Å². The monoisotopic (exact) mass is 269 g/mol. The smallest absolute Gasteiger partial charge is 0.0598 e. The van der Waals surface area contributed by atoms with E-state index in [0.29, 0.717) is 5.92 Å². The second-order valence-corrected chi connectivity index (χ2v) is 5.70. The van der Waals surface area contributed by atoms with Gasteiger partial charge in [0, 0.05) is 24.4 Å². The Morgan fingerprint density at radius 1 is 1.25 bits per heavy atom. The van der Waals surface area contributed by atoms with E-state index in [1.54, 1.807) is 0 Å². The van der Waals surface area contributed by atoms with Crippen LogP contribution in [-0.2, 0) is 0 Å². The lowest BCUT2D eigenvalue weighted by molar-refractivity contribution is 0.590. The normalized spacial score (nSPS) is 22.9. The lowest BCUT2D eigenvalue weighted by Gasteiger charge is -2.23. The van der Waals surface area contributed by atoms with Gasteiger partial charge in [-0.15, -0.1) is 0 Å². The molecule has 0 radical (unpaired) electrons. The molecule has 1 atom stereocenters. The summed E-state index contributed by atoms with van der Waals surface area (Å²) in [5.74, 6) is 0.621. The summed E-state index contributed by atoms with van der Waals surface area (Å²) in [6, 6.07) is 2.28. The molecule has 106 valence electrons. The van der Waals surface area contributed by atoms with Gasteiger partial charge in [-0.2, -0.15) is 0 Å². The van der Waals surface area contributed by atoms with Gasteiger partial charge in [0.05, 0.1) is 11.9 Å². The Labute approximate surface area is 121 Å². The molecule has 3 heterocycles. The molecular weight excluding hydrogens is 246 g/mol. The van der Waals surface area contributed by atoms with Crippen LogP contribution >= 0.6 is 0 Å². The molecule has 1 unspecified atom stereocenters. The van der Waals surface area contributed by atoms with Gasteiger partial charge in [-0.25, -0.2) is 0 Å². The van der Waals surface area contributed by atoms with E-state index in [1.165, 1.54) is 36.2 Å². The van der Waals surface area contributed by atoms with Crippen LogP contribution in [0.25, 0.3) is 0 Å². The molecule has 3 heteroatoms. The number of nitrogens with one attached hydrogen (secondary N) is 1. The minimum absolute atomic E-state index is 0.621. The van der Waals surface area contributed by atoms with Crippen molar-refractivity contribution in [1.82, 2.24) is 10.3 Å². The predicted molar refractivity (Wildman–Crippen MR) is 84.1 cm³/mol. The molecule has 0 bridgehead atoms. The largest absolute Gasteiger partial charge is 0.343 e. The Morgan fingerprint density at radius 2 is 2.20 bits per heavy atom. The molecule has 3 nitrogen and oxygen atoms in total. The van der Waals surface area contributed by atoms with Gasteiger partial charge in [0.15, 0.2) is 0 Å². The molecule has 0 saturated carbocycles. The maximum Gasteiger partial charge on any atom is 0.0598 e. The number of hydrogen-bond donors (Lipinski definition) is 1. The number of anilines is 1. The summed E-state index contributed by atoms with van der Waals surface area (Å²) in [5.41, 5.74) is 3.82. The molecule has 20 heavy (non-hydrogen) atoms. The standard InChI is InChI=1S/C17H23N3/c1-14-12-16(20-10-3-2-4-11-20)13-19-17(14)15-6-5-8-18-9-7-15/h2-4,10,12-13,15,18H,5-9,11H2,1H3. The van der Waals surface area contributed by atoms with Gasteiger partial charge in [0.2, 0.25) is 0 Å². The number of hydrogen-bond acceptors (Lipinski definition) is 3. The highest BCUT2D eigenvalue weighted by atomic mass is 15.1. The van der Waals surface area contributed by atoms with E-state index in [0.717, 1.165) is 19.6 Å². The molecule has 1 saturated heterocycles. The highest BCUT2D eigenvalue weighted by Crippen LogP contribution is 2.29. The van der Waals surface area contributed by atoms with Crippen LogP contribution in [0, 0.1) is 6.92 Å². The zero-order valence-electron chi connectivity index (χ0n) is 12.2. The zero-order valence-corrected chi connectivity index (χ0v) is 12.2. The van der Waals surface area contributed by atoms with Crippen molar-refractivity contribution in [3.63, 3.8) is 0 Å². The SMILES string of the molecule is Cc1cc(N2C=CC=CC2)cnc1C1CCCNCC1. The third-order valence-electron chi connectivity index (χ3n) is 4.21. The van der Waals surface area contributed by atoms with Crippen LogP contribution in [0.3, 0.4) is 0 Å². The summed E-state index contributed by atoms with van der Waals surface area (Å²) in [4.78, 5) is 7.03. The van der Waals surface area contributed by atoms with Gasteiger partial charge < -0.3 is 10.2 Å². The van der Waals surface area contributed by atoms with Crippen LogP contribution in [0.5, 0.6) is 0 Å². The minimum Gasteiger partial charge on any atom is -0.343 e. The lowest BCUT2D eigenvalue weighted by atomic mass is 9.93. The first-order valence-corrected chi connectivity index (χ1v) is 7.62. The fourth-order valence-electron chi connectivity index (χ4n) is 3.11. The fraction of sp³-hybridized carbons (Fsp3) is 0.471. The molecule has 2 aliphatic heterocycles. The average Bonchev–Trinajstić information content (AvgIpc) is 2.77. The molecule has 1 aromatic rings. The van der Waals surface area contributed by atoms with Crippen LogP contribution in [0.15, 0.2) is 36.7 Å². The van der Waals surface area contributed by atoms with Crippen molar-refractivity contribution in [3.05, 3.63) is 47.9 Å². The van der Waals surface area contributed by atoms with Crippen molar-refractivity contribution in [3.8, 4) is 0 Å². The van der Waals surface area contributed by atoms with Gasteiger partial charge in [-0.3, -0.25) is 4.98 Å². The average molecular weight is 269 g/mol. The van der Waals surface area contributed by atoms with Crippen LogP contribution in [0.1, 0.15) is 36.4 Å². The molecule has 2 aliphatic rings. The molecule has 0 amide bonds. The Kier molecular flexibility index (Phi) is 4.16. The van der Waals surface area contributed by atoms with Gasteiger partial charge in [0.25, 0.3) is 0 Å². The van der Waals surface area contributed by atoms with E-state index in [4.69, 9.17) is 4.98 Å². The number of allylic oxidation sites excluding steroid dienone is 2. The van der Waals surface area contributed by atoms with E-state index in [1.807, 2.05) is 6.20 Å². The molecule has 3 rings (SSSR count). The number of pyridine rings is 1. The summed E-state index contributed by atoms with van der Waals surface area (Å²) in [6.07, 6.45) is 14.2. The van der Waals surface area contributed by atoms with E-state index in [-0.39, 0.29) is 0 Å². The quantitative estimate of drug-likeness (QED) is 0.894. The lowest BCUT2D eigenvalue weighted by Crippen LogP contribution is -2.18. The highest BCUT2D eigenvalue weighted by Gasteiger charge is 2.18. The second-order valence-electron chi connectivity index (χ2n) is 5.70. The van der Waals surface area contributed by atoms with E-state index in [2.05, 4.69) is 47.6 Å². The van der Waals surface area contributed by atoms with Crippen molar-refractivity contribution >= 4 is 5.69 Å². The fourth-order valence-corrected chi connectivity index (χ4v) is 3.11. The van der Waals surface area contributed by atoms with Gasteiger partial charge in [-0.05, 0) is 57.0 Å². The Balaban J connectivity index is 1.79. The maximum atomic E-state index is 4.79. The Bertz CT molecular complexity index is 511. The Morgan fingerprint density at radius 3 is 3.00 bits per heavy atom. The van der Waals surface area contributed by atoms with E-state index in [9.17, 15) is 0 Å². The summed E-state index contributed by atoms with van der Waals surface area (Å²) in [6.45, 7) is 5.41. The number of nitrogens with zero attached hydrogens (tertiary/aromatic N) is 2. The minimum atomic E-state index is 0.621.